The second-order valence-corrected chi connectivity index (χ2v) is 13.3. The molecule has 4 rings (SSSR count). The Balaban J connectivity index is 1.65. The van der Waals surface area contributed by atoms with Crippen molar-refractivity contribution in [3.05, 3.63) is 71.8 Å². The first-order chi connectivity index (χ1) is 19.8. The van der Waals surface area contributed by atoms with E-state index >= 15 is 0 Å². The molecule has 0 atom stereocenters. The highest BCUT2D eigenvalue weighted by molar-refractivity contribution is 7.94. The fourth-order valence-corrected chi connectivity index (χ4v) is 6.46. The summed E-state index contributed by atoms with van der Waals surface area (Å²) in [6.45, 7) is 7.67. The SMILES string of the molecule is CCOC(=O)C(C)(C)S(=O)(=O)N(Cc1ccc2ccc(C(=N)N)cc2c1)c1ccc(OC2CCN(C(C)=N)CC2)cc1. The fourth-order valence-electron chi connectivity index (χ4n) is 4.92. The number of carbonyl (C=O) groups is 1. The van der Waals surface area contributed by atoms with Crippen LogP contribution in [-0.4, -0.2) is 61.5 Å². The van der Waals surface area contributed by atoms with Gasteiger partial charge < -0.3 is 20.1 Å². The molecule has 224 valence electrons. The van der Waals surface area contributed by atoms with E-state index in [1.165, 1.54) is 18.2 Å². The number of fused-ring (bicyclic) bond motifs is 1. The summed E-state index contributed by atoms with van der Waals surface area (Å²) in [6, 6.07) is 17.9. The number of hydrogen-bond acceptors (Lipinski definition) is 7. The maximum Gasteiger partial charge on any atom is 0.328 e. The van der Waals surface area contributed by atoms with Crippen LogP contribution in [0.15, 0.2) is 60.7 Å². The minimum Gasteiger partial charge on any atom is -0.490 e. The number of hydrogen-bond donors (Lipinski definition) is 3. The van der Waals surface area contributed by atoms with Gasteiger partial charge >= 0.3 is 5.97 Å². The Morgan fingerprint density at radius 1 is 1.02 bits per heavy atom. The highest BCUT2D eigenvalue weighted by Crippen LogP contribution is 2.32. The van der Waals surface area contributed by atoms with Gasteiger partial charge in [-0.3, -0.25) is 19.9 Å². The van der Waals surface area contributed by atoms with Crippen molar-refractivity contribution in [1.29, 1.82) is 10.8 Å². The molecular weight excluding hydrogens is 554 g/mol. The van der Waals surface area contributed by atoms with Gasteiger partial charge in [-0.2, -0.15) is 0 Å². The number of amidine groups is 2. The van der Waals surface area contributed by atoms with Gasteiger partial charge in [0, 0.05) is 31.5 Å². The van der Waals surface area contributed by atoms with Gasteiger partial charge in [0.1, 0.15) is 17.7 Å². The number of carbonyl (C=O) groups excluding carboxylic acids is 1. The molecule has 0 aromatic heterocycles. The Hall–Kier alpha value is -4.12. The largest absolute Gasteiger partial charge is 0.490 e. The van der Waals surface area contributed by atoms with Gasteiger partial charge in [-0.1, -0.05) is 24.3 Å². The maximum absolute atomic E-state index is 14.1. The highest BCUT2D eigenvalue weighted by atomic mass is 32.2. The third kappa shape index (κ3) is 6.51. The van der Waals surface area contributed by atoms with Crippen LogP contribution in [0.5, 0.6) is 5.75 Å². The van der Waals surface area contributed by atoms with Crippen LogP contribution in [-0.2, 0) is 26.1 Å². The number of benzene rings is 3. The second-order valence-electron chi connectivity index (χ2n) is 10.9. The zero-order chi connectivity index (χ0) is 30.7. The van der Waals surface area contributed by atoms with E-state index in [0.29, 0.717) is 28.4 Å². The number of esters is 1. The predicted octanol–water partition coefficient (Wildman–Crippen LogP) is 4.64. The molecule has 0 spiro atoms. The zero-order valence-electron chi connectivity index (χ0n) is 24.5. The van der Waals surface area contributed by atoms with Crippen molar-refractivity contribution < 1.29 is 22.7 Å². The van der Waals surface area contributed by atoms with Gasteiger partial charge in [0.25, 0.3) is 10.0 Å². The van der Waals surface area contributed by atoms with Gasteiger partial charge in [-0.15, -0.1) is 0 Å². The van der Waals surface area contributed by atoms with E-state index in [9.17, 15) is 13.2 Å². The van der Waals surface area contributed by atoms with E-state index in [-0.39, 0.29) is 25.1 Å². The Bertz CT molecular complexity index is 1580. The number of nitrogens with two attached hydrogens (primary N) is 1. The summed E-state index contributed by atoms with van der Waals surface area (Å²) in [6.07, 6.45) is 1.59. The Labute approximate surface area is 247 Å². The third-order valence-corrected chi connectivity index (χ3v) is 9.96. The number of piperidine rings is 1. The average molecular weight is 594 g/mol. The molecule has 1 aliphatic rings. The van der Waals surface area contributed by atoms with Crippen molar-refractivity contribution in [3.63, 3.8) is 0 Å². The monoisotopic (exact) mass is 593 g/mol. The van der Waals surface area contributed by atoms with E-state index in [2.05, 4.69) is 0 Å². The molecular formula is C31H39N5O5S. The summed E-state index contributed by atoms with van der Waals surface area (Å²) < 4.78 is 38.9. The summed E-state index contributed by atoms with van der Waals surface area (Å²) >= 11 is 0. The summed E-state index contributed by atoms with van der Waals surface area (Å²) in [5.74, 6) is 0.287. The van der Waals surface area contributed by atoms with Crippen LogP contribution in [0.4, 0.5) is 5.69 Å². The molecule has 1 fully saturated rings. The number of nitrogens with zero attached hydrogens (tertiary/aromatic N) is 2. The quantitative estimate of drug-likeness (QED) is 0.176. The van der Waals surface area contributed by atoms with Crippen molar-refractivity contribution in [3.8, 4) is 5.75 Å². The van der Waals surface area contributed by atoms with Crippen LogP contribution in [0.3, 0.4) is 0 Å². The molecule has 0 radical (unpaired) electrons. The van der Waals surface area contributed by atoms with Gasteiger partial charge in [-0.05, 0) is 80.4 Å². The Kier molecular flexibility index (Phi) is 9.10. The second kappa shape index (κ2) is 12.4. The lowest BCUT2D eigenvalue weighted by molar-refractivity contribution is -0.145. The molecule has 1 saturated heterocycles. The van der Waals surface area contributed by atoms with Crippen LogP contribution in [0, 0.1) is 10.8 Å². The fraction of sp³-hybridized carbons (Fsp3) is 0.387. The standard InChI is InChI=1S/C31H39N5O5S/c1-5-40-30(37)31(3,4)42(38,39)36(20-22-6-7-23-8-9-24(29(33)34)19-25(23)18-22)26-10-12-27(13-11-26)41-28-14-16-35(17-15-28)21(2)32/h6-13,18-19,28,32H,5,14-17,20H2,1-4H3,(H3,33,34). The van der Waals surface area contributed by atoms with Gasteiger partial charge in [0.15, 0.2) is 4.75 Å². The molecule has 0 amide bonds. The number of likely N-dealkylation sites (tertiary alicyclic amines) is 1. The van der Waals surface area contributed by atoms with Crippen molar-refractivity contribution in [2.75, 3.05) is 24.0 Å². The van der Waals surface area contributed by atoms with E-state index < -0.39 is 20.7 Å². The molecule has 10 nitrogen and oxygen atoms in total. The Morgan fingerprint density at radius 3 is 2.26 bits per heavy atom. The van der Waals surface area contributed by atoms with E-state index in [0.717, 1.165) is 36.7 Å². The average Bonchev–Trinajstić information content (AvgIpc) is 2.96. The lowest BCUT2D eigenvalue weighted by Crippen LogP contribution is -2.50. The van der Waals surface area contributed by atoms with Crippen molar-refractivity contribution >= 4 is 44.1 Å². The maximum atomic E-state index is 14.1. The molecule has 4 N–H and O–H groups in total. The van der Waals surface area contributed by atoms with Gasteiger partial charge in [0.05, 0.1) is 24.7 Å². The number of nitrogen functional groups attached to an aromatic ring is 1. The number of sulfonamides is 1. The molecule has 0 unspecified atom stereocenters. The van der Waals surface area contributed by atoms with E-state index in [1.807, 2.05) is 29.2 Å². The number of ether oxygens (including phenoxy) is 2. The molecule has 0 aliphatic carbocycles. The number of nitrogens with one attached hydrogen (secondary N) is 2. The van der Waals surface area contributed by atoms with E-state index in [4.69, 9.17) is 26.0 Å². The molecule has 3 aromatic carbocycles. The molecule has 1 aliphatic heterocycles. The summed E-state index contributed by atoms with van der Waals surface area (Å²) in [5, 5.41) is 17.3. The van der Waals surface area contributed by atoms with Gasteiger partial charge in [0.2, 0.25) is 0 Å². The third-order valence-electron chi connectivity index (χ3n) is 7.59. The first-order valence-corrected chi connectivity index (χ1v) is 15.4. The first kappa shape index (κ1) is 30.8. The van der Waals surface area contributed by atoms with Gasteiger partial charge in [-0.25, -0.2) is 8.42 Å². The summed E-state index contributed by atoms with van der Waals surface area (Å²) in [5.41, 5.74) is 7.32. The van der Waals surface area contributed by atoms with Crippen molar-refractivity contribution in [2.24, 2.45) is 5.73 Å². The van der Waals surface area contributed by atoms with E-state index in [1.54, 1.807) is 50.2 Å². The topological polar surface area (TPSA) is 150 Å². The molecule has 42 heavy (non-hydrogen) atoms. The lowest BCUT2D eigenvalue weighted by atomic mass is 10.0. The minimum atomic E-state index is -4.26. The molecule has 11 heteroatoms. The highest BCUT2D eigenvalue weighted by Gasteiger charge is 2.47. The predicted molar refractivity (Wildman–Crippen MR) is 166 cm³/mol. The molecule has 1 heterocycles. The zero-order valence-corrected chi connectivity index (χ0v) is 25.3. The first-order valence-electron chi connectivity index (χ1n) is 14.0. The number of rotatable bonds is 10. The molecule has 3 aromatic rings. The minimum absolute atomic E-state index is 0.00604. The summed E-state index contributed by atoms with van der Waals surface area (Å²) in [4.78, 5) is 14.8. The van der Waals surface area contributed by atoms with Crippen LogP contribution in [0.1, 0.15) is 51.7 Å². The van der Waals surface area contributed by atoms with Crippen molar-refractivity contribution in [1.82, 2.24) is 4.90 Å². The Morgan fingerprint density at radius 2 is 1.67 bits per heavy atom. The molecule has 0 saturated carbocycles. The normalized spacial score (nSPS) is 14.4. The smallest absolute Gasteiger partial charge is 0.328 e. The van der Waals surface area contributed by atoms with Crippen molar-refractivity contribution in [2.45, 2.75) is 57.9 Å². The summed E-state index contributed by atoms with van der Waals surface area (Å²) in [7, 11) is -4.26. The van der Waals surface area contributed by atoms with Crippen LogP contribution in [0.25, 0.3) is 10.8 Å². The van der Waals surface area contributed by atoms with Crippen LogP contribution >= 0.6 is 0 Å². The number of anilines is 1. The van der Waals surface area contributed by atoms with Crippen LogP contribution < -0.4 is 14.8 Å². The lowest BCUT2D eigenvalue weighted by Gasteiger charge is -2.33. The van der Waals surface area contributed by atoms with Crippen LogP contribution in [0.2, 0.25) is 0 Å². The molecule has 0 bridgehead atoms.